The highest BCUT2D eigenvalue weighted by Crippen LogP contribution is 2.67. The van der Waals surface area contributed by atoms with E-state index in [1.165, 1.54) is 38.5 Å². The number of ether oxygens (including phenoxy) is 1. The molecule has 0 heterocycles. The van der Waals surface area contributed by atoms with Crippen molar-refractivity contribution < 1.29 is 9.53 Å². The van der Waals surface area contributed by atoms with Gasteiger partial charge in [0.25, 0.3) is 0 Å². The molecule has 2 heteroatoms. The zero-order chi connectivity index (χ0) is 23.3. The summed E-state index contributed by atoms with van der Waals surface area (Å²) in [6.45, 7) is 16.3. The van der Waals surface area contributed by atoms with E-state index in [1.54, 1.807) is 12.5 Å². The van der Waals surface area contributed by atoms with E-state index >= 15 is 0 Å². The monoisotopic (exact) mass is 440 g/mol. The highest BCUT2D eigenvalue weighted by atomic mass is 16.5. The quantitative estimate of drug-likeness (QED) is 0.320. The minimum absolute atomic E-state index is 0.106. The summed E-state index contributed by atoms with van der Waals surface area (Å²) in [7, 11) is 0. The van der Waals surface area contributed by atoms with Gasteiger partial charge in [-0.05, 0) is 97.2 Å². The molecule has 3 fully saturated rings. The average Bonchev–Trinajstić information content (AvgIpc) is 3.08. The molecule has 4 rings (SSSR count). The second-order valence-electron chi connectivity index (χ2n) is 12.8. The highest BCUT2D eigenvalue weighted by molar-refractivity contribution is 5.66. The highest BCUT2D eigenvalue weighted by Gasteiger charge is 2.59. The van der Waals surface area contributed by atoms with Crippen molar-refractivity contribution in [2.75, 3.05) is 0 Å². The zero-order valence-corrected chi connectivity index (χ0v) is 21.8. The SMILES string of the molecule is CC(=O)O[C@H]1CC[C@]2(C)C(=CC[C@@H]3[C@H]4CC[C@@H]([C@@H](C)C=C[C@@H](C)C(C)C)[C@@]4(C)CC[C@H]32)C1. The van der Waals surface area contributed by atoms with E-state index in [4.69, 9.17) is 4.74 Å². The van der Waals surface area contributed by atoms with Crippen molar-refractivity contribution in [3.63, 3.8) is 0 Å². The number of esters is 1. The van der Waals surface area contributed by atoms with Gasteiger partial charge < -0.3 is 4.74 Å². The predicted octanol–water partition coefficient (Wildman–Crippen LogP) is 7.98. The van der Waals surface area contributed by atoms with Gasteiger partial charge in [-0.15, -0.1) is 0 Å². The first-order valence-corrected chi connectivity index (χ1v) is 13.6. The normalized spacial score (nSPS) is 43.2. The van der Waals surface area contributed by atoms with E-state index in [9.17, 15) is 4.79 Å². The molecule has 4 aliphatic carbocycles. The summed E-state index contributed by atoms with van der Waals surface area (Å²) in [6, 6.07) is 0. The smallest absolute Gasteiger partial charge is 0.302 e. The van der Waals surface area contributed by atoms with E-state index in [-0.39, 0.29) is 12.1 Å². The molecule has 4 aliphatic rings. The lowest BCUT2D eigenvalue weighted by Gasteiger charge is -2.58. The Bertz CT molecular complexity index is 763. The zero-order valence-electron chi connectivity index (χ0n) is 21.8. The Morgan fingerprint density at radius 1 is 1.03 bits per heavy atom. The molecule has 3 saturated carbocycles. The first-order valence-electron chi connectivity index (χ1n) is 13.6. The minimum Gasteiger partial charge on any atom is -0.462 e. The molecular weight excluding hydrogens is 392 g/mol. The first kappa shape index (κ1) is 24.1. The van der Waals surface area contributed by atoms with Crippen molar-refractivity contribution in [3.8, 4) is 0 Å². The number of hydrogen-bond donors (Lipinski definition) is 0. The third-order valence-corrected chi connectivity index (χ3v) is 10.9. The standard InChI is InChI=1S/C30H48O2/c1-19(2)20(3)8-9-21(4)26-12-13-27-25-11-10-23-18-24(32-22(5)31)14-16-29(23,6)28(25)15-17-30(26,27)7/h8-10,19-21,24-28H,11-18H2,1-7H3/t20-,21+,24+,25-,26+,27-,28-,29-,30-/m1/s1. The van der Waals surface area contributed by atoms with Crippen LogP contribution in [-0.2, 0) is 9.53 Å². The van der Waals surface area contributed by atoms with E-state index in [2.05, 4.69) is 59.8 Å². The Morgan fingerprint density at radius 2 is 1.78 bits per heavy atom. The summed E-state index contributed by atoms with van der Waals surface area (Å²) in [5, 5.41) is 0. The van der Waals surface area contributed by atoms with Crippen LogP contribution in [0.1, 0.15) is 99.8 Å². The van der Waals surface area contributed by atoms with Gasteiger partial charge in [-0.2, -0.15) is 0 Å². The van der Waals surface area contributed by atoms with E-state index in [1.807, 2.05) is 0 Å². The number of allylic oxidation sites excluding steroid dienone is 3. The van der Waals surface area contributed by atoms with Gasteiger partial charge in [0, 0.05) is 13.3 Å². The maximum atomic E-state index is 11.5. The van der Waals surface area contributed by atoms with Crippen molar-refractivity contribution in [1.82, 2.24) is 0 Å². The molecule has 0 aromatic heterocycles. The maximum absolute atomic E-state index is 11.5. The molecule has 180 valence electrons. The van der Waals surface area contributed by atoms with Crippen LogP contribution in [0.15, 0.2) is 23.8 Å². The molecule has 0 aliphatic heterocycles. The molecule has 0 spiro atoms. The molecule has 0 aromatic carbocycles. The average molecular weight is 441 g/mol. The fourth-order valence-electron chi connectivity index (χ4n) is 8.57. The van der Waals surface area contributed by atoms with E-state index in [0.29, 0.717) is 22.7 Å². The fourth-order valence-corrected chi connectivity index (χ4v) is 8.57. The third-order valence-electron chi connectivity index (χ3n) is 10.9. The summed E-state index contributed by atoms with van der Waals surface area (Å²) in [5.41, 5.74) is 2.44. The Hall–Kier alpha value is -1.05. The van der Waals surface area contributed by atoms with Crippen LogP contribution in [0.3, 0.4) is 0 Å². The number of carbonyl (C=O) groups excluding carboxylic acids is 1. The fraction of sp³-hybridized carbons (Fsp3) is 0.833. The van der Waals surface area contributed by atoms with Gasteiger partial charge in [-0.3, -0.25) is 4.79 Å². The van der Waals surface area contributed by atoms with Crippen molar-refractivity contribution in [2.45, 2.75) is 106 Å². The summed E-state index contributed by atoms with van der Waals surface area (Å²) in [5.74, 6) is 5.35. The topological polar surface area (TPSA) is 26.3 Å². The summed E-state index contributed by atoms with van der Waals surface area (Å²) in [4.78, 5) is 11.5. The second kappa shape index (κ2) is 8.95. The Balaban J connectivity index is 1.50. The van der Waals surface area contributed by atoms with Gasteiger partial charge in [-0.1, -0.05) is 65.3 Å². The van der Waals surface area contributed by atoms with Gasteiger partial charge in [0.2, 0.25) is 0 Å². The van der Waals surface area contributed by atoms with Gasteiger partial charge in [0.05, 0.1) is 0 Å². The molecule has 0 saturated heterocycles. The number of carbonyl (C=O) groups is 1. The third kappa shape index (κ3) is 4.14. The number of fused-ring (bicyclic) bond motifs is 5. The van der Waals surface area contributed by atoms with Crippen molar-refractivity contribution in [3.05, 3.63) is 23.8 Å². The van der Waals surface area contributed by atoms with Crippen LogP contribution in [0.2, 0.25) is 0 Å². The van der Waals surface area contributed by atoms with Gasteiger partial charge in [-0.25, -0.2) is 0 Å². The van der Waals surface area contributed by atoms with Crippen LogP contribution >= 0.6 is 0 Å². The Kier molecular flexibility index (Phi) is 6.74. The van der Waals surface area contributed by atoms with E-state index < -0.39 is 0 Å². The Morgan fingerprint density at radius 3 is 2.47 bits per heavy atom. The predicted molar refractivity (Wildman–Crippen MR) is 133 cm³/mol. The largest absolute Gasteiger partial charge is 0.462 e. The van der Waals surface area contributed by atoms with E-state index in [0.717, 1.165) is 42.4 Å². The van der Waals surface area contributed by atoms with Crippen LogP contribution < -0.4 is 0 Å². The lowest BCUT2D eigenvalue weighted by molar-refractivity contribution is -0.148. The van der Waals surface area contributed by atoms with Gasteiger partial charge in [0.1, 0.15) is 6.10 Å². The molecular formula is C30H48O2. The van der Waals surface area contributed by atoms with Crippen molar-refractivity contribution >= 4 is 5.97 Å². The number of rotatable bonds is 5. The minimum atomic E-state index is -0.121. The van der Waals surface area contributed by atoms with Crippen LogP contribution in [0, 0.1) is 52.3 Å². The molecule has 9 atom stereocenters. The summed E-state index contributed by atoms with van der Waals surface area (Å²) in [6.07, 6.45) is 17.8. The molecule has 0 amide bonds. The molecule has 0 N–H and O–H groups in total. The summed E-state index contributed by atoms with van der Waals surface area (Å²) < 4.78 is 5.62. The summed E-state index contributed by atoms with van der Waals surface area (Å²) >= 11 is 0. The van der Waals surface area contributed by atoms with Gasteiger partial charge >= 0.3 is 5.97 Å². The molecule has 32 heavy (non-hydrogen) atoms. The second-order valence-corrected chi connectivity index (χ2v) is 12.8. The first-order chi connectivity index (χ1) is 15.1. The van der Waals surface area contributed by atoms with Crippen LogP contribution in [-0.4, -0.2) is 12.1 Å². The number of hydrogen-bond acceptors (Lipinski definition) is 2. The molecule has 0 bridgehead atoms. The maximum Gasteiger partial charge on any atom is 0.302 e. The van der Waals surface area contributed by atoms with Crippen LogP contribution in [0.4, 0.5) is 0 Å². The molecule has 0 radical (unpaired) electrons. The lowest BCUT2D eigenvalue weighted by atomic mass is 9.47. The Labute approximate surface area is 197 Å². The van der Waals surface area contributed by atoms with Crippen molar-refractivity contribution in [1.29, 1.82) is 0 Å². The van der Waals surface area contributed by atoms with Crippen molar-refractivity contribution in [2.24, 2.45) is 52.3 Å². The van der Waals surface area contributed by atoms with Crippen LogP contribution in [0.5, 0.6) is 0 Å². The molecule has 0 aromatic rings. The van der Waals surface area contributed by atoms with Gasteiger partial charge in [0.15, 0.2) is 0 Å². The molecule has 2 nitrogen and oxygen atoms in total. The lowest BCUT2D eigenvalue weighted by Crippen LogP contribution is -2.51. The molecule has 0 unspecified atom stereocenters. The van der Waals surface area contributed by atoms with Crippen LogP contribution in [0.25, 0.3) is 0 Å².